The lowest BCUT2D eigenvalue weighted by molar-refractivity contribution is -0.122. The number of hydrogen-bond donors (Lipinski definition) is 2. The Morgan fingerprint density at radius 3 is 2.44 bits per heavy atom. The van der Waals surface area contributed by atoms with Crippen LogP contribution in [0.3, 0.4) is 0 Å². The van der Waals surface area contributed by atoms with E-state index in [0.29, 0.717) is 18.3 Å². The standard InChI is InChI=1S/C14H29N3O/c1-3-17(2)9-8-16-14(18)10-12-4-6-13(11-15)7-5-12/h12-13H,3-11,15H2,1-2H3,(H,16,18). The summed E-state index contributed by atoms with van der Waals surface area (Å²) in [5.74, 6) is 1.50. The fraction of sp³-hybridized carbons (Fsp3) is 0.929. The highest BCUT2D eigenvalue weighted by Gasteiger charge is 2.21. The minimum Gasteiger partial charge on any atom is -0.355 e. The van der Waals surface area contributed by atoms with Gasteiger partial charge in [0.15, 0.2) is 0 Å². The van der Waals surface area contributed by atoms with Gasteiger partial charge in [-0.3, -0.25) is 4.79 Å². The van der Waals surface area contributed by atoms with E-state index in [2.05, 4.69) is 24.2 Å². The van der Waals surface area contributed by atoms with Crippen LogP contribution in [-0.2, 0) is 4.79 Å². The van der Waals surface area contributed by atoms with E-state index in [9.17, 15) is 4.79 Å². The zero-order chi connectivity index (χ0) is 13.4. The Bertz CT molecular complexity index is 237. The van der Waals surface area contributed by atoms with Crippen LogP contribution in [0.2, 0.25) is 0 Å². The second kappa shape index (κ2) is 8.48. The topological polar surface area (TPSA) is 58.4 Å². The van der Waals surface area contributed by atoms with E-state index < -0.39 is 0 Å². The number of carbonyl (C=O) groups excluding carboxylic acids is 1. The van der Waals surface area contributed by atoms with Crippen LogP contribution in [-0.4, -0.2) is 44.0 Å². The zero-order valence-corrected chi connectivity index (χ0v) is 12.0. The highest BCUT2D eigenvalue weighted by atomic mass is 16.1. The summed E-state index contributed by atoms with van der Waals surface area (Å²) in [6, 6.07) is 0. The third-order valence-electron chi connectivity index (χ3n) is 4.13. The fourth-order valence-electron chi connectivity index (χ4n) is 2.55. The molecule has 0 aromatic carbocycles. The summed E-state index contributed by atoms with van der Waals surface area (Å²) in [5, 5.41) is 3.02. The highest BCUT2D eigenvalue weighted by Crippen LogP contribution is 2.29. The molecule has 1 saturated carbocycles. The molecule has 0 unspecified atom stereocenters. The molecule has 1 fully saturated rings. The number of nitrogens with zero attached hydrogens (tertiary/aromatic N) is 1. The van der Waals surface area contributed by atoms with E-state index in [1.807, 2.05) is 0 Å². The quantitative estimate of drug-likeness (QED) is 0.719. The van der Waals surface area contributed by atoms with E-state index in [0.717, 1.165) is 26.2 Å². The monoisotopic (exact) mass is 255 g/mol. The first-order valence-corrected chi connectivity index (χ1v) is 7.31. The molecule has 4 heteroatoms. The third kappa shape index (κ3) is 5.83. The van der Waals surface area contributed by atoms with Crippen molar-refractivity contribution in [1.29, 1.82) is 0 Å². The van der Waals surface area contributed by atoms with Crippen LogP contribution < -0.4 is 11.1 Å². The Kier molecular flexibility index (Phi) is 7.28. The summed E-state index contributed by atoms with van der Waals surface area (Å²) in [6.45, 7) is 5.66. The van der Waals surface area contributed by atoms with Gasteiger partial charge in [0, 0.05) is 19.5 Å². The maximum absolute atomic E-state index is 11.8. The summed E-state index contributed by atoms with van der Waals surface area (Å²) in [7, 11) is 2.07. The Labute approximate surface area is 111 Å². The van der Waals surface area contributed by atoms with E-state index in [1.165, 1.54) is 25.7 Å². The van der Waals surface area contributed by atoms with Gasteiger partial charge in [-0.05, 0) is 57.7 Å². The predicted molar refractivity (Wildman–Crippen MR) is 75.3 cm³/mol. The molecule has 0 bridgehead atoms. The normalized spacial score (nSPS) is 24.2. The molecule has 0 radical (unpaired) electrons. The first-order valence-electron chi connectivity index (χ1n) is 7.31. The first-order chi connectivity index (χ1) is 8.65. The summed E-state index contributed by atoms with van der Waals surface area (Å²) in [5.41, 5.74) is 5.67. The third-order valence-corrected chi connectivity index (χ3v) is 4.13. The van der Waals surface area contributed by atoms with Gasteiger partial charge in [0.1, 0.15) is 0 Å². The van der Waals surface area contributed by atoms with Crippen molar-refractivity contribution in [2.24, 2.45) is 17.6 Å². The minimum absolute atomic E-state index is 0.218. The molecule has 1 aliphatic carbocycles. The largest absolute Gasteiger partial charge is 0.355 e. The second-order valence-corrected chi connectivity index (χ2v) is 5.57. The first kappa shape index (κ1) is 15.4. The van der Waals surface area contributed by atoms with Gasteiger partial charge in [-0.1, -0.05) is 6.92 Å². The maximum atomic E-state index is 11.8. The van der Waals surface area contributed by atoms with Crippen LogP contribution in [0.25, 0.3) is 0 Å². The molecule has 3 N–H and O–H groups in total. The van der Waals surface area contributed by atoms with E-state index in [1.54, 1.807) is 0 Å². The van der Waals surface area contributed by atoms with Gasteiger partial charge in [-0.2, -0.15) is 0 Å². The predicted octanol–water partition coefficient (Wildman–Crippen LogP) is 1.21. The molecule has 0 spiro atoms. The molecule has 0 aromatic rings. The summed E-state index contributed by atoms with van der Waals surface area (Å²) < 4.78 is 0. The Morgan fingerprint density at radius 2 is 1.89 bits per heavy atom. The van der Waals surface area contributed by atoms with E-state index in [-0.39, 0.29) is 5.91 Å². The van der Waals surface area contributed by atoms with Gasteiger partial charge < -0.3 is 16.0 Å². The molecule has 0 aromatic heterocycles. The Morgan fingerprint density at radius 1 is 1.28 bits per heavy atom. The molecule has 1 amide bonds. The molecule has 0 aliphatic heterocycles. The molecular weight excluding hydrogens is 226 g/mol. The lowest BCUT2D eigenvalue weighted by Gasteiger charge is -2.27. The van der Waals surface area contributed by atoms with Gasteiger partial charge in [-0.25, -0.2) is 0 Å². The van der Waals surface area contributed by atoms with Crippen molar-refractivity contribution in [3.05, 3.63) is 0 Å². The molecule has 18 heavy (non-hydrogen) atoms. The van der Waals surface area contributed by atoms with Crippen molar-refractivity contribution in [3.8, 4) is 0 Å². The molecule has 1 rings (SSSR count). The zero-order valence-electron chi connectivity index (χ0n) is 12.0. The smallest absolute Gasteiger partial charge is 0.220 e. The molecule has 0 saturated heterocycles. The highest BCUT2D eigenvalue weighted by molar-refractivity contribution is 5.76. The van der Waals surface area contributed by atoms with Crippen LogP contribution in [0, 0.1) is 11.8 Å². The number of amides is 1. The van der Waals surface area contributed by atoms with Crippen molar-refractivity contribution >= 4 is 5.91 Å². The van der Waals surface area contributed by atoms with Gasteiger partial charge in [0.25, 0.3) is 0 Å². The second-order valence-electron chi connectivity index (χ2n) is 5.57. The molecule has 0 heterocycles. The molecular formula is C14H29N3O. The fourth-order valence-corrected chi connectivity index (χ4v) is 2.55. The van der Waals surface area contributed by atoms with Crippen LogP contribution in [0.4, 0.5) is 0 Å². The van der Waals surface area contributed by atoms with Crippen LogP contribution in [0.15, 0.2) is 0 Å². The Balaban J connectivity index is 2.09. The van der Waals surface area contributed by atoms with Crippen molar-refractivity contribution in [2.75, 3.05) is 33.2 Å². The SMILES string of the molecule is CCN(C)CCNC(=O)CC1CCC(CN)CC1. The van der Waals surface area contributed by atoms with Gasteiger partial charge in [0.05, 0.1) is 0 Å². The number of carbonyl (C=O) groups is 1. The van der Waals surface area contributed by atoms with Crippen molar-refractivity contribution in [2.45, 2.75) is 39.0 Å². The minimum atomic E-state index is 0.218. The molecule has 1 aliphatic rings. The lowest BCUT2D eigenvalue weighted by atomic mass is 9.80. The lowest BCUT2D eigenvalue weighted by Crippen LogP contribution is -2.34. The van der Waals surface area contributed by atoms with Crippen LogP contribution in [0.5, 0.6) is 0 Å². The van der Waals surface area contributed by atoms with Crippen LogP contribution in [0.1, 0.15) is 39.0 Å². The van der Waals surface area contributed by atoms with Gasteiger partial charge in [0.2, 0.25) is 5.91 Å². The summed E-state index contributed by atoms with van der Waals surface area (Å²) >= 11 is 0. The van der Waals surface area contributed by atoms with Gasteiger partial charge >= 0.3 is 0 Å². The number of nitrogens with one attached hydrogen (secondary N) is 1. The average Bonchev–Trinajstić information content (AvgIpc) is 2.39. The number of hydrogen-bond acceptors (Lipinski definition) is 3. The van der Waals surface area contributed by atoms with Crippen molar-refractivity contribution in [1.82, 2.24) is 10.2 Å². The molecule has 106 valence electrons. The maximum Gasteiger partial charge on any atom is 0.220 e. The Hall–Kier alpha value is -0.610. The number of nitrogens with two attached hydrogens (primary N) is 1. The molecule has 0 atom stereocenters. The summed E-state index contributed by atoms with van der Waals surface area (Å²) in [6.07, 6.45) is 5.45. The average molecular weight is 255 g/mol. The number of likely N-dealkylation sites (N-methyl/N-ethyl adjacent to an activating group) is 1. The number of rotatable bonds is 7. The van der Waals surface area contributed by atoms with E-state index in [4.69, 9.17) is 5.73 Å². The van der Waals surface area contributed by atoms with Crippen molar-refractivity contribution in [3.63, 3.8) is 0 Å². The summed E-state index contributed by atoms with van der Waals surface area (Å²) in [4.78, 5) is 14.0. The van der Waals surface area contributed by atoms with Crippen LogP contribution >= 0.6 is 0 Å². The molecule has 4 nitrogen and oxygen atoms in total. The van der Waals surface area contributed by atoms with E-state index >= 15 is 0 Å². The van der Waals surface area contributed by atoms with Gasteiger partial charge in [-0.15, -0.1) is 0 Å². The van der Waals surface area contributed by atoms with Crippen molar-refractivity contribution < 1.29 is 4.79 Å².